The minimum atomic E-state index is -3.55. The zero-order valence-corrected chi connectivity index (χ0v) is 18.5. The average Bonchev–Trinajstić information content (AvgIpc) is 3.04. The third kappa shape index (κ3) is 6.64. The van der Waals surface area contributed by atoms with E-state index >= 15 is 0 Å². The number of carbonyl (C=O) groups excluding carboxylic acids is 2. The number of amides is 1. The van der Waals surface area contributed by atoms with Gasteiger partial charge in [0.1, 0.15) is 0 Å². The summed E-state index contributed by atoms with van der Waals surface area (Å²) >= 11 is 0. The van der Waals surface area contributed by atoms with Gasteiger partial charge >= 0.3 is 5.97 Å². The van der Waals surface area contributed by atoms with Gasteiger partial charge in [-0.25, -0.2) is 21.6 Å². The summed E-state index contributed by atoms with van der Waals surface area (Å²) in [7, 11) is -6.66. The Bertz CT molecular complexity index is 996. The van der Waals surface area contributed by atoms with Gasteiger partial charge < -0.3 is 10.1 Å². The van der Waals surface area contributed by atoms with E-state index in [-0.39, 0.29) is 16.4 Å². The summed E-state index contributed by atoms with van der Waals surface area (Å²) < 4.78 is 53.8. The van der Waals surface area contributed by atoms with Gasteiger partial charge in [-0.2, -0.15) is 4.31 Å². The number of esters is 1. The number of rotatable bonds is 9. The second-order valence-electron chi connectivity index (χ2n) is 6.77. The van der Waals surface area contributed by atoms with Crippen molar-refractivity contribution in [3.63, 3.8) is 0 Å². The molecule has 166 valence electrons. The number of hydrogen-bond acceptors (Lipinski definition) is 7. The maximum Gasteiger partial charge on any atom is 0.331 e. The number of nitrogens with zero attached hydrogens (tertiary/aromatic N) is 1. The van der Waals surface area contributed by atoms with Gasteiger partial charge in [0.05, 0.1) is 16.4 Å². The van der Waals surface area contributed by atoms with Gasteiger partial charge in [-0.15, -0.1) is 0 Å². The van der Waals surface area contributed by atoms with Crippen LogP contribution in [-0.4, -0.2) is 70.3 Å². The van der Waals surface area contributed by atoms with E-state index in [1.165, 1.54) is 22.5 Å². The molecule has 0 spiro atoms. The first-order valence-corrected chi connectivity index (χ1v) is 12.8. The number of benzene rings is 1. The van der Waals surface area contributed by atoms with E-state index in [4.69, 9.17) is 4.74 Å². The van der Waals surface area contributed by atoms with Crippen molar-refractivity contribution in [1.82, 2.24) is 9.62 Å². The standard InChI is InChI=1S/C19H26N2O7S2/c1-3-21(4-2)30(26,27)17-8-5-15(6-9-17)7-10-19(23)28-13-18(22)20-16-11-12-29(24,25)14-16/h5-10,16H,3-4,11-14H2,1-2H3,(H,20,22)/b10-7+. The minimum absolute atomic E-state index is 0.0372. The van der Waals surface area contributed by atoms with Crippen LogP contribution in [0.1, 0.15) is 25.8 Å². The molecule has 0 aliphatic carbocycles. The summed E-state index contributed by atoms with van der Waals surface area (Å²) in [5, 5.41) is 2.52. The molecule has 0 saturated carbocycles. The van der Waals surface area contributed by atoms with Crippen LogP contribution in [0.5, 0.6) is 0 Å². The first kappa shape index (κ1) is 24.0. The molecule has 1 amide bonds. The lowest BCUT2D eigenvalue weighted by molar-refractivity contribution is -0.143. The fourth-order valence-corrected chi connectivity index (χ4v) is 6.12. The van der Waals surface area contributed by atoms with Crippen LogP contribution in [-0.2, 0) is 34.2 Å². The summed E-state index contributed by atoms with van der Waals surface area (Å²) in [5.74, 6) is -1.38. The molecule has 1 heterocycles. The molecule has 1 saturated heterocycles. The van der Waals surface area contributed by atoms with E-state index in [0.717, 1.165) is 6.08 Å². The van der Waals surface area contributed by atoms with Gasteiger partial charge in [0, 0.05) is 25.2 Å². The van der Waals surface area contributed by atoms with E-state index in [1.54, 1.807) is 26.0 Å². The van der Waals surface area contributed by atoms with E-state index in [1.807, 2.05) is 0 Å². The van der Waals surface area contributed by atoms with Crippen LogP contribution in [0.2, 0.25) is 0 Å². The molecule has 2 rings (SSSR count). The third-order valence-electron chi connectivity index (χ3n) is 4.58. The van der Waals surface area contributed by atoms with E-state index in [2.05, 4.69) is 5.32 Å². The molecule has 1 atom stereocenters. The van der Waals surface area contributed by atoms with Crippen LogP contribution < -0.4 is 5.32 Å². The normalized spacial score (nSPS) is 18.6. The topological polar surface area (TPSA) is 127 Å². The van der Waals surface area contributed by atoms with Gasteiger partial charge in [-0.05, 0) is 30.2 Å². The maximum atomic E-state index is 12.4. The average molecular weight is 459 g/mol. The predicted octanol–water partition coefficient (Wildman–Crippen LogP) is 0.577. The monoisotopic (exact) mass is 458 g/mol. The highest BCUT2D eigenvalue weighted by molar-refractivity contribution is 7.91. The third-order valence-corrected chi connectivity index (χ3v) is 8.41. The SMILES string of the molecule is CCN(CC)S(=O)(=O)c1ccc(/C=C/C(=O)OCC(=O)NC2CCS(=O)(=O)C2)cc1. The molecule has 9 nitrogen and oxygen atoms in total. The Morgan fingerprint density at radius 3 is 2.37 bits per heavy atom. The second-order valence-corrected chi connectivity index (χ2v) is 10.9. The van der Waals surface area contributed by atoms with Crippen LogP contribution in [0.25, 0.3) is 6.08 Å². The Balaban J connectivity index is 1.85. The number of carbonyl (C=O) groups is 2. The molecule has 1 aromatic rings. The van der Waals surface area contributed by atoms with Gasteiger partial charge in [-0.3, -0.25) is 4.79 Å². The van der Waals surface area contributed by atoms with Crippen molar-refractivity contribution in [2.24, 2.45) is 0 Å². The fourth-order valence-electron chi connectivity index (χ4n) is 2.99. The highest BCUT2D eigenvalue weighted by Gasteiger charge is 2.29. The highest BCUT2D eigenvalue weighted by atomic mass is 32.2. The van der Waals surface area contributed by atoms with Crippen molar-refractivity contribution in [1.29, 1.82) is 0 Å². The van der Waals surface area contributed by atoms with Crippen molar-refractivity contribution < 1.29 is 31.2 Å². The van der Waals surface area contributed by atoms with Gasteiger partial charge in [-0.1, -0.05) is 26.0 Å². The Kier molecular flexibility index (Phi) is 8.16. The predicted molar refractivity (Wildman–Crippen MR) is 112 cm³/mol. The molecular weight excluding hydrogens is 432 g/mol. The zero-order chi connectivity index (χ0) is 22.4. The Morgan fingerprint density at radius 2 is 1.83 bits per heavy atom. The Morgan fingerprint density at radius 1 is 1.20 bits per heavy atom. The molecule has 0 aromatic heterocycles. The number of nitrogens with one attached hydrogen (secondary N) is 1. The maximum absolute atomic E-state index is 12.4. The summed E-state index contributed by atoms with van der Waals surface area (Å²) in [6, 6.07) is 5.59. The number of hydrogen-bond donors (Lipinski definition) is 1. The van der Waals surface area contributed by atoms with E-state index in [0.29, 0.717) is 25.1 Å². The summed E-state index contributed by atoms with van der Waals surface area (Å²) in [5.41, 5.74) is 0.589. The lowest BCUT2D eigenvalue weighted by Crippen LogP contribution is -2.38. The number of sulfonamides is 1. The second kappa shape index (κ2) is 10.2. The van der Waals surface area contributed by atoms with Crippen LogP contribution in [0, 0.1) is 0 Å². The van der Waals surface area contributed by atoms with Crippen molar-refractivity contribution in [3.8, 4) is 0 Å². The zero-order valence-electron chi connectivity index (χ0n) is 16.9. The van der Waals surface area contributed by atoms with Gasteiger partial charge in [0.15, 0.2) is 16.4 Å². The van der Waals surface area contributed by atoms with Crippen molar-refractivity contribution >= 4 is 37.8 Å². The van der Waals surface area contributed by atoms with E-state index < -0.39 is 44.4 Å². The van der Waals surface area contributed by atoms with Crippen molar-refractivity contribution in [2.75, 3.05) is 31.2 Å². The Hall–Kier alpha value is -2.24. The first-order chi connectivity index (χ1) is 14.1. The smallest absolute Gasteiger partial charge is 0.331 e. The summed E-state index contributed by atoms with van der Waals surface area (Å²) in [6.07, 6.45) is 2.92. The van der Waals surface area contributed by atoms with Crippen LogP contribution in [0.4, 0.5) is 0 Å². The summed E-state index contributed by atoms with van der Waals surface area (Å²) in [6.45, 7) is 3.76. The first-order valence-electron chi connectivity index (χ1n) is 9.52. The molecule has 1 aliphatic heterocycles. The molecule has 1 N–H and O–H groups in total. The van der Waals surface area contributed by atoms with Gasteiger partial charge in [0.2, 0.25) is 10.0 Å². The van der Waals surface area contributed by atoms with Crippen LogP contribution in [0.3, 0.4) is 0 Å². The minimum Gasteiger partial charge on any atom is -0.452 e. The van der Waals surface area contributed by atoms with Crippen molar-refractivity contribution in [2.45, 2.75) is 31.2 Å². The van der Waals surface area contributed by atoms with Crippen LogP contribution in [0.15, 0.2) is 35.2 Å². The largest absolute Gasteiger partial charge is 0.452 e. The highest BCUT2D eigenvalue weighted by Crippen LogP contribution is 2.17. The van der Waals surface area contributed by atoms with Gasteiger partial charge in [0.25, 0.3) is 5.91 Å². The number of ether oxygens (including phenoxy) is 1. The molecule has 11 heteroatoms. The molecule has 1 aromatic carbocycles. The quantitative estimate of drug-likeness (QED) is 0.423. The van der Waals surface area contributed by atoms with Crippen molar-refractivity contribution in [3.05, 3.63) is 35.9 Å². The molecule has 1 aliphatic rings. The molecule has 0 radical (unpaired) electrons. The molecule has 0 bridgehead atoms. The van der Waals surface area contributed by atoms with Crippen LogP contribution >= 0.6 is 0 Å². The summed E-state index contributed by atoms with van der Waals surface area (Å²) in [4.78, 5) is 23.7. The Labute approximate surface area is 177 Å². The molecule has 1 fully saturated rings. The lowest BCUT2D eigenvalue weighted by Gasteiger charge is -2.18. The number of sulfone groups is 1. The molecule has 30 heavy (non-hydrogen) atoms. The molecule has 1 unspecified atom stereocenters. The fraction of sp³-hybridized carbons (Fsp3) is 0.474. The molecular formula is C19H26N2O7S2. The van der Waals surface area contributed by atoms with E-state index in [9.17, 15) is 26.4 Å². The lowest BCUT2D eigenvalue weighted by atomic mass is 10.2.